The lowest BCUT2D eigenvalue weighted by molar-refractivity contribution is 1.20. The van der Waals surface area contributed by atoms with Crippen molar-refractivity contribution in [2.75, 3.05) is 11.9 Å². The van der Waals surface area contributed by atoms with Gasteiger partial charge in [-0.1, -0.05) is 33.6 Å². The van der Waals surface area contributed by atoms with E-state index in [4.69, 9.17) is 11.6 Å². The molecule has 76 valence electrons. The van der Waals surface area contributed by atoms with Gasteiger partial charge in [0.25, 0.3) is 0 Å². The van der Waals surface area contributed by atoms with Crippen molar-refractivity contribution in [1.82, 2.24) is 0 Å². The lowest BCUT2D eigenvalue weighted by Gasteiger charge is -2.09. The zero-order valence-corrected chi connectivity index (χ0v) is 10.6. The number of anilines is 1. The summed E-state index contributed by atoms with van der Waals surface area (Å²) in [6.45, 7) is 4.85. The Morgan fingerprint density at radius 1 is 1.57 bits per heavy atom. The van der Waals surface area contributed by atoms with Gasteiger partial charge in [0.05, 0.1) is 0 Å². The first-order valence-corrected chi connectivity index (χ1v) is 5.62. The van der Waals surface area contributed by atoms with Crippen LogP contribution in [0.15, 0.2) is 33.8 Å². The molecule has 0 amide bonds. The third-order valence-electron chi connectivity index (χ3n) is 1.94. The van der Waals surface area contributed by atoms with Gasteiger partial charge in [0, 0.05) is 22.2 Å². The molecule has 0 aliphatic carbocycles. The van der Waals surface area contributed by atoms with Gasteiger partial charge in [-0.25, -0.2) is 0 Å². The highest BCUT2D eigenvalue weighted by molar-refractivity contribution is 9.10. The fourth-order valence-electron chi connectivity index (χ4n) is 1.06. The number of nitrogens with one attached hydrogen (secondary N) is 1. The number of hydrogen-bond donors (Lipinski definition) is 1. The van der Waals surface area contributed by atoms with Gasteiger partial charge in [0.2, 0.25) is 0 Å². The minimum atomic E-state index is 0.779. The van der Waals surface area contributed by atoms with Crippen LogP contribution in [0.5, 0.6) is 0 Å². The van der Waals surface area contributed by atoms with E-state index in [0.29, 0.717) is 0 Å². The Hall–Kier alpha value is -0.470. The van der Waals surface area contributed by atoms with E-state index >= 15 is 0 Å². The molecule has 0 aromatic heterocycles. The summed E-state index contributed by atoms with van der Waals surface area (Å²) in [6.07, 6.45) is 0. The van der Waals surface area contributed by atoms with E-state index in [1.807, 2.05) is 13.0 Å². The second-order valence-electron chi connectivity index (χ2n) is 3.27. The van der Waals surface area contributed by atoms with E-state index in [0.717, 1.165) is 22.3 Å². The van der Waals surface area contributed by atoms with Crippen molar-refractivity contribution in [3.8, 4) is 0 Å². The molecule has 0 unspecified atom stereocenters. The van der Waals surface area contributed by atoms with Crippen LogP contribution in [-0.2, 0) is 0 Å². The van der Waals surface area contributed by atoms with Gasteiger partial charge in [-0.3, -0.25) is 0 Å². The molecule has 0 heterocycles. The summed E-state index contributed by atoms with van der Waals surface area (Å²) < 4.78 is 1.08. The monoisotopic (exact) mass is 273 g/mol. The first-order valence-electron chi connectivity index (χ1n) is 4.39. The van der Waals surface area contributed by atoms with Gasteiger partial charge in [0.15, 0.2) is 0 Å². The van der Waals surface area contributed by atoms with Crippen LogP contribution in [0.4, 0.5) is 5.69 Å². The molecule has 0 aliphatic rings. The largest absolute Gasteiger partial charge is 0.381 e. The Balaban J connectivity index is 2.71. The molecule has 0 saturated carbocycles. The number of halogens is 2. The molecule has 1 N–H and O–H groups in total. The molecular formula is C11H13BrClN. The standard InChI is InChI=1S/C11H13BrClN/c1-8(6-13)7-14-11-5-10(12)4-3-9(11)2/h3-6,14H,7H2,1-2H3/b8-6-. The van der Waals surface area contributed by atoms with Gasteiger partial charge >= 0.3 is 0 Å². The molecule has 14 heavy (non-hydrogen) atoms. The highest BCUT2D eigenvalue weighted by Crippen LogP contribution is 2.20. The van der Waals surface area contributed by atoms with Crippen molar-refractivity contribution in [2.24, 2.45) is 0 Å². The molecule has 0 saturated heterocycles. The second-order valence-corrected chi connectivity index (χ2v) is 4.40. The van der Waals surface area contributed by atoms with Crippen LogP contribution < -0.4 is 5.32 Å². The average molecular weight is 275 g/mol. The van der Waals surface area contributed by atoms with Crippen LogP contribution in [-0.4, -0.2) is 6.54 Å². The van der Waals surface area contributed by atoms with Crippen LogP contribution in [0.2, 0.25) is 0 Å². The summed E-state index contributed by atoms with van der Waals surface area (Å²) in [4.78, 5) is 0. The Morgan fingerprint density at radius 2 is 2.29 bits per heavy atom. The SMILES string of the molecule is C/C(=C/Cl)CNc1cc(Br)ccc1C. The quantitative estimate of drug-likeness (QED) is 0.866. The zero-order valence-electron chi connectivity index (χ0n) is 8.27. The van der Waals surface area contributed by atoms with Crippen molar-refractivity contribution >= 4 is 33.2 Å². The lowest BCUT2D eigenvalue weighted by atomic mass is 10.2. The maximum absolute atomic E-state index is 5.58. The zero-order chi connectivity index (χ0) is 10.6. The fourth-order valence-corrected chi connectivity index (χ4v) is 1.50. The molecule has 0 fully saturated rings. The summed E-state index contributed by atoms with van der Waals surface area (Å²) in [7, 11) is 0. The molecule has 1 aromatic carbocycles. The third kappa shape index (κ3) is 3.35. The van der Waals surface area contributed by atoms with E-state index in [2.05, 4.69) is 40.3 Å². The van der Waals surface area contributed by atoms with E-state index in [1.54, 1.807) is 5.54 Å². The first kappa shape index (κ1) is 11.6. The first-order chi connectivity index (χ1) is 6.63. The van der Waals surface area contributed by atoms with Crippen LogP contribution >= 0.6 is 27.5 Å². The van der Waals surface area contributed by atoms with E-state index in [1.165, 1.54) is 5.56 Å². The molecule has 1 nitrogen and oxygen atoms in total. The summed E-state index contributed by atoms with van der Waals surface area (Å²) >= 11 is 9.02. The fraction of sp³-hybridized carbons (Fsp3) is 0.273. The molecular weight excluding hydrogens is 261 g/mol. The minimum Gasteiger partial charge on any atom is -0.381 e. The summed E-state index contributed by atoms with van der Waals surface area (Å²) in [5, 5.41) is 3.32. The van der Waals surface area contributed by atoms with Gasteiger partial charge in [-0.2, -0.15) is 0 Å². The molecule has 0 bridgehead atoms. The van der Waals surface area contributed by atoms with Crippen molar-refractivity contribution in [3.05, 3.63) is 39.3 Å². The minimum absolute atomic E-state index is 0.779. The molecule has 1 rings (SSSR count). The van der Waals surface area contributed by atoms with Gasteiger partial charge in [-0.05, 0) is 37.1 Å². The van der Waals surface area contributed by atoms with Crippen LogP contribution in [0.25, 0.3) is 0 Å². The highest BCUT2D eigenvalue weighted by atomic mass is 79.9. The maximum atomic E-state index is 5.58. The lowest BCUT2D eigenvalue weighted by Crippen LogP contribution is -2.03. The Labute approximate surface area is 98.3 Å². The predicted molar refractivity (Wildman–Crippen MR) is 67.0 cm³/mol. The van der Waals surface area contributed by atoms with E-state index < -0.39 is 0 Å². The molecule has 0 atom stereocenters. The maximum Gasteiger partial charge on any atom is 0.0383 e. The van der Waals surface area contributed by atoms with E-state index in [9.17, 15) is 0 Å². The Morgan fingerprint density at radius 3 is 2.93 bits per heavy atom. The summed E-state index contributed by atoms with van der Waals surface area (Å²) in [5.74, 6) is 0. The average Bonchev–Trinajstić information content (AvgIpc) is 2.19. The topological polar surface area (TPSA) is 12.0 Å². The molecule has 0 aliphatic heterocycles. The molecule has 1 aromatic rings. The van der Waals surface area contributed by atoms with Crippen molar-refractivity contribution in [3.63, 3.8) is 0 Å². The van der Waals surface area contributed by atoms with Crippen LogP contribution in [0, 0.1) is 6.92 Å². The number of benzene rings is 1. The van der Waals surface area contributed by atoms with Gasteiger partial charge in [-0.15, -0.1) is 0 Å². The second kappa shape index (κ2) is 5.42. The Bertz CT molecular complexity index is 347. The number of hydrogen-bond acceptors (Lipinski definition) is 1. The number of aryl methyl sites for hydroxylation is 1. The van der Waals surface area contributed by atoms with Crippen LogP contribution in [0.1, 0.15) is 12.5 Å². The van der Waals surface area contributed by atoms with Crippen molar-refractivity contribution < 1.29 is 0 Å². The van der Waals surface area contributed by atoms with Gasteiger partial charge < -0.3 is 5.32 Å². The normalized spacial score (nSPS) is 11.6. The number of rotatable bonds is 3. The van der Waals surface area contributed by atoms with Crippen molar-refractivity contribution in [2.45, 2.75) is 13.8 Å². The highest BCUT2D eigenvalue weighted by Gasteiger charge is 1.98. The van der Waals surface area contributed by atoms with E-state index in [-0.39, 0.29) is 0 Å². The molecule has 0 spiro atoms. The third-order valence-corrected chi connectivity index (χ3v) is 2.81. The van der Waals surface area contributed by atoms with Crippen LogP contribution in [0.3, 0.4) is 0 Å². The summed E-state index contributed by atoms with van der Waals surface area (Å²) in [5.41, 5.74) is 5.08. The predicted octanol–water partition coefficient (Wildman–Crippen LogP) is 4.31. The Kier molecular flexibility index (Phi) is 4.49. The smallest absolute Gasteiger partial charge is 0.0383 e. The van der Waals surface area contributed by atoms with Gasteiger partial charge in [0.1, 0.15) is 0 Å². The molecule has 0 radical (unpaired) electrons. The van der Waals surface area contributed by atoms with Crippen molar-refractivity contribution in [1.29, 1.82) is 0 Å². The molecule has 3 heteroatoms. The summed E-state index contributed by atoms with van der Waals surface area (Å²) in [6, 6.07) is 6.17.